The van der Waals surface area contributed by atoms with Gasteiger partial charge in [0.25, 0.3) is 5.91 Å². The van der Waals surface area contributed by atoms with Crippen molar-refractivity contribution in [3.8, 4) is 0 Å². The molecular weight excluding hydrogens is 468 g/mol. The summed E-state index contributed by atoms with van der Waals surface area (Å²) in [6.45, 7) is 16.2. The zero-order chi connectivity index (χ0) is 26.7. The van der Waals surface area contributed by atoms with E-state index in [4.69, 9.17) is 4.74 Å². The Kier molecular flexibility index (Phi) is 8.90. The van der Waals surface area contributed by atoms with Gasteiger partial charge in [-0.15, -0.1) is 0 Å². The first-order valence-corrected chi connectivity index (χ1v) is 14.0. The van der Waals surface area contributed by atoms with Crippen LogP contribution in [0.1, 0.15) is 57.8 Å². The van der Waals surface area contributed by atoms with Crippen molar-refractivity contribution in [2.75, 3.05) is 50.8 Å². The van der Waals surface area contributed by atoms with Crippen LogP contribution < -0.4 is 10.2 Å². The molecule has 2 amide bonds. The molecule has 0 bridgehead atoms. The molecule has 8 nitrogen and oxygen atoms in total. The lowest BCUT2D eigenvalue weighted by Gasteiger charge is -2.36. The van der Waals surface area contributed by atoms with E-state index in [2.05, 4.69) is 35.9 Å². The van der Waals surface area contributed by atoms with Crippen molar-refractivity contribution in [2.24, 2.45) is 17.8 Å². The lowest BCUT2D eigenvalue weighted by atomic mass is 9.91. The van der Waals surface area contributed by atoms with E-state index in [1.54, 1.807) is 4.90 Å². The van der Waals surface area contributed by atoms with Gasteiger partial charge in [0.15, 0.2) is 5.78 Å². The van der Waals surface area contributed by atoms with Crippen molar-refractivity contribution in [3.63, 3.8) is 0 Å². The summed E-state index contributed by atoms with van der Waals surface area (Å²) in [5, 5.41) is 3.00. The Bertz CT molecular complexity index is 955. The maximum atomic E-state index is 13.7. The summed E-state index contributed by atoms with van der Waals surface area (Å²) in [5.41, 5.74) is 1.65. The van der Waals surface area contributed by atoms with Crippen LogP contribution in [0.3, 0.4) is 0 Å². The molecule has 4 rings (SSSR count). The van der Waals surface area contributed by atoms with Gasteiger partial charge < -0.3 is 19.9 Å². The van der Waals surface area contributed by atoms with E-state index in [1.807, 2.05) is 38.1 Å². The molecule has 37 heavy (non-hydrogen) atoms. The minimum atomic E-state index is -0.682. The number of piperazine rings is 1. The summed E-state index contributed by atoms with van der Waals surface area (Å²) in [6, 6.07) is 6.46. The fourth-order valence-corrected chi connectivity index (χ4v) is 6.01. The molecule has 3 aliphatic rings. The molecule has 8 heteroatoms. The number of rotatable bonds is 9. The minimum Gasteiger partial charge on any atom is -0.369 e. The Morgan fingerprint density at radius 2 is 1.73 bits per heavy atom. The lowest BCUT2D eigenvalue weighted by Crippen LogP contribution is -2.52. The highest BCUT2D eigenvalue weighted by molar-refractivity contribution is 5.99. The molecule has 1 aromatic rings. The maximum Gasteiger partial charge on any atom is 0.251 e. The van der Waals surface area contributed by atoms with E-state index < -0.39 is 12.1 Å². The Balaban J connectivity index is 1.42. The van der Waals surface area contributed by atoms with Gasteiger partial charge in [-0.1, -0.05) is 34.6 Å². The van der Waals surface area contributed by atoms with Crippen molar-refractivity contribution >= 4 is 23.3 Å². The molecule has 4 atom stereocenters. The summed E-state index contributed by atoms with van der Waals surface area (Å²) >= 11 is 0. The first kappa shape index (κ1) is 27.6. The van der Waals surface area contributed by atoms with E-state index in [9.17, 15) is 14.4 Å². The van der Waals surface area contributed by atoms with Gasteiger partial charge in [-0.2, -0.15) is 0 Å². The number of hydrogen-bond donors (Lipinski definition) is 1. The molecule has 1 aromatic carbocycles. The fraction of sp³-hybridized carbons (Fsp3) is 0.690. The van der Waals surface area contributed by atoms with E-state index in [1.165, 1.54) is 6.42 Å². The molecule has 0 saturated carbocycles. The standard InChI is InChI=1S/C29H44N4O4/c1-6-11-31-12-14-32(15-13-31)22-9-7-21(8-10-22)28(35)30-24(16-19(2)3)29(36)33-17-23(20(4)5)27-26(33)25(34)18-37-27/h7-10,19-20,23-24,26-27H,6,11-18H2,1-5H3,(H,30,35)/t23-,24+,26-,27-/m1/s1. The van der Waals surface area contributed by atoms with Crippen LogP contribution in [-0.2, 0) is 14.3 Å². The van der Waals surface area contributed by atoms with Gasteiger partial charge in [-0.05, 0) is 55.5 Å². The molecule has 204 valence electrons. The quantitative estimate of drug-likeness (QED) is 0.548. The van der Waals surface area contributed by atoms with Crippen LogP contribution in [0.25, 0.3) is 0 Å². The number of benzene rings is 1. The zero-order valence-electron chi connectivity index (χ0n) is 23.1. The first-order chi connectivity index (χ1) is 17.7. The molecule has 3 heterocycles. The van der Waals surface area contributed by atoms with E-state index in [0.717, 1.165) is 38.4 Å². The molecule has 0 radical (unpaired) electrons. The number of amides is 2. The van der Waals surface area contributed by atoms with Crippen LogP contribution in [0.4, 0.5) is 5.69 Å². The van der Waals surface area contributed by atoms with Gasteiger partial charge in [0.1, 0.15) is 18.7 Å². The SMILES string of the molecule is CCCN1CCN(c2ccc(C(=O)N[C@@H](CC(C)C)C(=O)N3C[C@H](C(C)C)[C@H]4OCC(=O)[C@H]43)cc2)CC1. The smallest absolute Gasteiger partial charge is 0.251 e. The molecule has 1 N–H and O–H groups in total. The van der Waals surface area contributed by atoms with Gasteiger partial charge in [0.2, 0.25) is 5.91 Å². The molecule has 0 spiro atoms. The number of ketones is 1. The predicted octanol–water partition coefficient (Wildman–Crippen LogP) is 2.81. The number of nitrogens with one attached hydrogen (secondary N) is 1. The number of Topliss-reactive ketones (excluding diaryl/α,β-unsaturated/α-hetero) is 1. The molecule has 0 aliphatic carbocycles. The maximum absolute atomic E-state index is 13.7. The Morgan fingerprint density at radius 1 is 1.05 bits per heavy atom. The van der Waals surface area contributed by atoms with Gasteiger partial charge in [-0.25, -0.2) is 0 Å². The van der Waals surface area contributed by atoms with Crippen molar-refractivity contribution in [3.05, 3.63) is 29.8 Å². The minimum absolute atomic E-state index is 0.0396. The number of carbonyl (C=O) groups is 3. The van der Waals surface area contributed by atoms with E-state index in [-0.39, 0.29) is 42.1 Å². The summed E-state index contributed by atoms with van der Waals surface area (Å²) < 4.78 is 5.80. The van der Waals surface area contributed by atoms with Crippen LogP contribution in [0.2, 0.25) is 0 Å². The number of fused-ring (bicyclic) bond motifs is 1. The molecule has 3 saturated heterocycles. The normalized spacial score (nSPS) is 25.2. The van der Waals surface area contributed by atoms with Crippen molar-refractivity contribution < 1.29 is 19.1 Å². The zero-order valence-corrected chi connectivity index (χ0v) is 23.1. The third-order valence-electron chi connectivity index (χ3n) is 8.08. The third kappa shape index (κ3) is 6.17. The summed E-state index contributed by atoms with van der Waals surface area (Å²) in [7, 11) is 0. The van der Waals surface area contributed by atoms with Crippen molar-refractivity contribution in [2.45, 2.75) is 65.6 Å². The fourth-order valence-electron chi connectivity index (χ4n) is 6.01. The second kappa shape index (κ2) is 11.9. The third-order valence-corrected chi connectivity index (χ3v) is 8.08. The average molecular weight is 513 g/mol. The van der Waals surface area contributed by atoms with Crippen LogP contribution in [-0.4, -0.2) is 91.5 Å². The monoisotopic (exact) mass is 512 g/mol. The molecular formula is C29H44N4O4. The Labute approximate surface area is 221 Å². The predicted molar refractivity (Wildman–Crippen MR) is 145 cm³/mol. The molecule has 0 unspecified atom stereocenters. The van der Waals surface area contributed by atoms with Crippen molar-refractivity contribution in [1.82, 2.24) is 15.1 Å². The lowest BCUT2D eigenvalue weighted by molar-refractivity contribution is -0.138. The Hall–Kier alpha value is -2.45. The van der Waals surface area contributed by atoms with Gasteiger partial charge in [0, 0.05) is 49.9 Å². The largest absolute Gasteiger partial charge is 0.369 e. The Morgan fingerprint density at radius 3 is 2.32 bits per heavy atom. The second-order valence-corrected chi connectivity index (χ2v) is 11.6. The van der Waals surface area contributed by atoms with Gasteiger partial charge in [0.05, 0.1) is 6.10 Å². The molecule has 0 aromatic heterocycles. The average Bonchev–Trinajstić information content (AvgIpc) is 3.44. The first-order valence-electron chi connectivity index (χ1n) is 14.0. The highest BCUT2D eigenvalue weighted by Gasteiger charge is 2.53. The van der Waals surface area contributed by atoms with Crippen molar-refractivity contribution in [1.29, 1.82) is 0 Å². The van der Waals surface area contributed by atoms with E-state index >= 15 is 0 Å². The van der Waals surface area contributed by atoms with E-state index in [0.29, 0.717) is 24.4 Å². The summed E-state index contributed by atoms with van der Waals surface area (Å²) in [5.74, 6) is 0.138. The van der Waals surface area contributed by atoms with Crippen LogP contribution >= 0.6 is 0 Å². The molecule has 3 aliphatic heterocycles. The van der Waals surface area contributed by atoms with Gasteiger partial charge >= 0.3 is 0 Å². The number of anilines is 1. The molecule has 3 fully saturated rings. The number of likely N-dealkylation sites (tertiary alicyclic amines) is 1. The van der Waals surface area contributed by atoms with Crippen LogP contribution in [0, 0.1) is 17.8 Å². The summed E-state index contributed by atoms with van der Waals surface area (Å²) in [6.07, 6.45) is 1.44. The van der Waals surface area contributed by atoms with Crippen LogP contribution in [0.5, 0.6) is 0 Å². The van der Waals surface area contributed by atoms with Gasteiger partial charge in [-0.3, -0.25) is 19.3 Å². The highest BCUT2D eigenvalue weighted by atomic mass is 16.5. The topological polar surface area (TPSA) is 82.2 Å². The second-order valence-electron chi connectivity index (χ2n) is 11.6. The summed E-state index contributed by atoms with van der Waals surface area (Å²) in [4.78, 5) is 46.1. The number of carbonyl (C=O) groups excluding carboxylic acids is 3. The highest BCUT2D eigenvalue weighted by Crippen LogP contribution is 2.36. The number of hydrogen-bond acceptors (Lipinski definition) is 6. The number of nitrogens with zero attached hydrogens (tertiary/aromatic N) is 3. The van der Waals surface area contributed by atoms with Crippen LogP contribution in [0.15, 0.2) is 24.3 Å². The number of ether oxygens (including phenoxy) is 1.